The Hall–Kier alpha value is -4.07. The number of carbonyl (C=O) groups is 1. The van der Waals surface area contributed by atoms with Crippen LogP contribution in [0.4, 0.5) is 4.39 Å². The van der Waals surface area contributed by atoms with Crippen LogP contribution in [0.2, 0.25) is 0 Å². The lowest BCUT2D eigenvalue weighted by Crippen LogP contribution is -2.32. The van der Waals surface area contributed by atoms with Gasteiger partial charge in [-0.1, -0.05) is 6.07 Å². The Morgan fingerprint density at radius 1 is 1.00 bits per heavy atom. The molecule has 0 spiro atoms. The molecule has 1 N–H and O–H groups in total. The zero-order chi connectivity index (χ0) is 21.5. The monoisotopic (exact) mass is 417 g/mol. The molecule has 0 aliphatic rings. The van der Waals surface area contributed by atoms with Gasteiger partial charge in [0.1, 0.15) is 5.82 Å². The second-order valence-electron chi connectivity index (χ2n) is 6.68. The van der Waals surface area contributed by atoms with Gasteiger partial charge in [0.25, 0.3) is 5.91 Å². The van der Waals surface area contributed by atoms with Gasteiger partial charge in [-0.3, -0.25) is 14.5 Å². The number of carbonyl (C=O) groups excluding carboxylic acids is 1. The maximum atomic E-state index is 13.4. The molecule has 31 heavy (non-hydrogen) atoms. The third-order valence-corrected chi connectivity index (χ3v) is 4.58. The van der Waals surface area contributed by atoms with E-state index in [1.165, 1.54) is 12.1 Å². The van der Waals surface area contributed by atoms with Crippen LogP contribution >= 0.6 is 0 Å². The Morgan fingerprint density at radius 2 is 1.81 bits per heavy atom. The number of rotatable bonds is 8. The van der Waals surface area contributed by atoms with Crippen LogP contribution in [0.1, 0.15) is 0 Å². The molecule has 0 bridgehead atoms. The van der Waals surface area contributed by atoms with E-state index in [2.05, 4.69) is 20.4 Å². The first-order valence-corrected chi connectivity index (χ1v) is 9.73. The van der Waals surface area contributed by atoms with Gasteiger partial charge < -0.3 is 10.1 Å². The van der Waals surface area contributed by atoms with Crippen molar-refractivity contribution in [2.75, 3.05) is 13.2 Å². The topological polar surface area (TPSA) is 81.9 Å². The highest BCUT2D eigenvalue weighted by molar-refractivity contribution is 5.80. The second kappa shape index (κ2) is 9.62. The number of pyridine rings is 2. The standard InChI is InChI=1S/C23H20FN5O2/c24-19-6-4-18(5-7-19)23-20(17-8-11-25-12-9-17)15-28-29(23)14-13-26-21(30)16-31-22-3-1-2-10-27-22/h1-12,15H,13-14,16H2,(H,26,30). The lowest BCUT2D eigenvalue weighted by Gasteiger charge is -2.11. The summed E-state index contributed by atoms with van der Waals surface area (Å²) in [4.78, 5) is 20.2. The minimum atomic E-state index is -0.305. The molecule has 1 amide bonds. The lowest BCUT2D eigenvalue weighted by molar-refractivity contribution is -0.123. The van der Waals surface area contributed by atoms with Crippen LogP contribution in [0, 0.1) is 5.82 Å². The average molecular weight is 417 g/mol. The Kier molecular flexibility index (Phi) is 6.27. The van der Waals surface area contributed by atoms with E-state index < -0.39 is 0 Å². The highest BCUT2D eigenvalue weighted by Gasteiger charge is 2.15. The van der Waals surface area contributed by atoms with Gasteiger partial charge in [-0.15, -0.1) is 0 Å². The van der Waals surface area contributed by atoms with Crippen molar-refractivity contribution in [1.29, 1.82) is 0 Å². The lowest BCUT2D eigenvalue weighted by atomic mass is 10.0. The van der Waals surface area contributed by atoms with E-state index >= 15 is 0 Å². The fourth-order valence-corrected chi connectivity index (χ4v) is 3.13. The van der Waals surface area contributed by atoms with Crippen LogP contribution in [0.3, 0.4) is 0 Å². The Balaban J connectivity index is 1.46. The summed E-state index contributed by atoms with van der Waals surface area (Å²) in [5.74, 6) is -0.166. The second-order valence-corrected chi connectivity index (χ2v) is 6.68. The molecule has 4 rings (SSSR count). The summed E-state index contributed by atoms with van der Waals surface area (Å²) < 4.78 is 20.6. The Morgan fingerprint density at radius 3 is 2.55 bits per heavy atom. The molecular weight excluding hydrogens is 397 g/mol. The number of hydrogen-bond acceptors (Lipinski definition) is 5. The normalized spacial score (nSPS) is 10.6. The summed E-state index contributed by atoms with van der Waals surface area (Å²) in [7, 11) is 0. The summed E-state index contributed by atoms with van der Waals surface area (Å²) in [6.45, 7) is 0.673. The summed E-state index contributed by atoms with van der Waals surface area (Å²) >= 11 is 0. The zero-order valence-electron chi connectivity index (χ0n) is 16.6. The van der Waals surface area contributed by atoms with Crippen molar-refractivity contribution in [2.45, 2.75) is 6.54 Å². The third-order valence-electron chi connectivity index (χ3n) is 4.58. The first kappa shape index (κ1) is 20.2. The van der Waals surface area contributed by atoms with E-state index in [4.69, 9.17) is 4.74 Å². The first-order chi connectivity index (χ1) is 15.2. The van der Waals surface area contributed by atoms with Gasteiger partial charge in [-0.05, 0) is 48.0 Å². The average Bonchev–Trinajstić information content (AvgIpc) is 3.23. The number of aromatic nitrogens is 4. The molecule has 8 heteroatoms. The van der Waals surface area contributed by atoms with Crippen LogP contribution in [0.5, 0.6) is 5.88 Å². The predicted octanol–water partition coefficient (Wildman–Crippen LogP) is 3.34. The third kappa shape index (κ3) is 5.11. The maximum absolute atomic E-state index is 13.4. The van der Waals surface area contributed by atoms with Gasteiger partial charge in [0.15, 0.2) is 6.61 Å². The van der Waals surface area contributed by atoms with Crippen molar-refractivity contribution in [3.63, 3.8) is 0 Å². The summed E-state index contributed by atoms with van der Waals surface area (Å²) in [6.07, 6.45) is 6.79. The first-order valence-electron chi connectivity index (χ1n) is 9.73. The molecule has 0 aliphatic heterocycles. The quantitative estimate of drug-likeness (QED) is 0.476. The maximum Gasteiger partial charge on any atom is 0.258 e. The van der Waals surface area contributed by atoms with E-state index in [-0.39, 0.29) is 18.3 Å². The van der Waals surface area contributed by atoms with E-state index in [9.17, 15) is 9.18 Å². The van der Waals surface area contributed by atoms with Crippen LogP contribution in [0.25, 0.3) is 22.4 Å². The molecule has 7 nitrogen and oxygen atoms in total. The van der Waals surface area contributed by atoms with Crippen molar-refractivity contribution in [2.24, 2.45) is 0 Å². The Labute approximate surface area is 178 Å². The molecule has 1 aromatic carbocycles. The number of nitrogens with one attached hydrogen (secondary N) is 1. The number of benzene rings is 1. The summed E-state index contributed by atoms with van der Waals surface area (Å²) in [5, 5.41) is 7.31. The molecule has 0 saturated heterocycles. The van der Waals surface area contributed by atoms with E-state index in [0.29, 0.717) is 19.0 Å². The predicted molar refractivity (Wildman–Crippen MR) is 114 cm³/mol. The SMILES string of the molecule is O=C(COc1ccccn1)NCCn1ncc(-c2ccncc2)c1-c1ccc(F)cc1. The number of ether oxygens (including phenoxy) is 1. The molecule has 0 unspecified atom stereocenters. The molecule has 0 saturated carbocycles. The van der Waals surface area contributed by atoms with Gasteiger partial charge in [0, 0.05) is 42.3 Å². The van der Waals surface area contributed by atoms with Crippen LogP contribution in [-0.2, 0) is 11.3 Å². The molecule has 4 aromatic rings. The summed E-state index contributed by atoms with van der Waals surface area (Å²) in [5.41, 5.74) is 3.52. The number of halogens is 1. The van der Waals surface area contributed by atoms with Gasteiger partial charge in [-0.2, -0.15) is 5.10 Å². The fourth-order valence-electron chi connectivity index (χ4n) is 3.13. The molecule has 3 aromatic heterocycles. The molecule has 0 fully saturated rings. The van der Waals surface area contributed by atoms with E-state index in [1.807, 2.05) is 12.1 Å². The van der Waals surface area contributed by atoms with Crippen molar-refractivity contribution < 1.29 is 13.9 Å². The minimum absolute atomic E-state index is 0.122. The molecule has 0 radical (unpaired) electrons. The van der Waals surface area contributed by atoms with Crippen LogP contribution < -0.4 is 10.1 Å². The van der Waals surface area contributed by atoms with Gasteiger partial charge >= 0.3 is 0 Å². The van der Waals surface area contributed by atoms with Crippen LogP contribution in [-0.4, -0.2) is 38.8 Å². The molecule has 3 heterocycles. The molecule has 0 atom stereocenters. The van der Waals surface area contributed by atoms with Crippen molar-refractivity contribution >= 4 is 5.91 Å². The highest BCUT2D eigenvalue weighted by atomic mass is 19.1. The van der Waals surface area contributed by atoms with Crippen molar-refractivity contribution in [3.05, 3.63) is 85.2 Å². The van der Waals surface area contributed by atoms with Gasteiger partial charge in [-0.25, -0.2) is 9.37 Å². The number of hydrogen-bond donors (Lipinski definition) is 1. The molecule has 0 aliphatic carbocycles. The van der Waals surface area contributed by atoms with Crippen molar-refractivity contribution in [3.8, 4) is 28.3 Å². The van der Waals surface area contributed by atoms with E-state index in [0.717, 1.165) is 22.4 Å². The smallest absolute Gasteiger partial charge is 0.258 e. The van der Waals surface area contributed by atoms with E-state index in [1.54, 1.807) is 59.8 Å². The fraction of sp³-hybridized carbons (Fsp3) is 0.130. The Bertz CT molecular complexity index is 1130. The minimum Gasteiger partial charge on any atom is -0.468 e. The van der Waals surface area contributed by atoms with Gasteiger partial charge in [0.2, 0.25) is 5.88 Å². The molecule has 156 valence electrons. The zero-order valence-corrected chi connectivity index (χ0v) is 16.6. The van der Waals surface area contributed by atoms with Gasteiger partial charge in [0.05, 0.1) is 18.4 Å². The largest absolute Gasteiger partial charge is 0.468 e. The summed E-state index contributed by atoms with van der Waals surface area (Å²) in [6, 6.07) is 15.3. The number of nitrogens with zero attached hydrogens (tertiary/aromatic N) is 4. The molecular formula is C23H20FN5O2. The number of amides is 1. The van der Waals surface area contributed by atoms with Crippen LogP contribution in [0.15, 0.2) is 79.4 Å². The highest BCUT2D eigenvalue weighted by Crippen LogP contribution is 2.31. The van der Waals surface area contributed by atoms with Crippen molar-refractivity contribution in [1.82, 2.24) is 25.1 Å².